The van der Waals surface area contributed by atoms with E-state index in [9.17, 15) is 4.79 Å². The maximum absolute atomic E-state index is 12.0. The van der Waals surface area contributed by atoms with E-state index >= 15 is 0 Å². The molecule has 2 aromatic rings. The third-order valence-electron chi connectivity index (χ3n) is 3.34. The fraction of sp³-hybridized carbons (Fsp3) is 0.294. The summed E-state index contributed by atoms with van der Waals surface area (Å²) >= 11 is 5.27. The topological polar surface area (TPSA) is 66.2 Å². The van der Waals surface area contributed by atoms with Crippen molar-refractivity contribution >= 4 is 23.0 Å². The number of aryl methyl sites for hydroxylation is 2. The number of ether oxygens (including phenoxy) is 1. The Labute approximate surface area is 141 Å². The van der Waals surface area contributed by atoms with Crippen LogP contribution in [0, 0.1) is 13.8 Å². The van der Waals surface area contributed by atoms with Gasteiger partial charge in [0.25, 0.3) is 5.56 Å². The van der Waals surface area contributed by atoms with Crippen molar-refractivity contribution in [2.45, 2.75) is 27.3 Å². The van der Waals surface area contributed by atoms with Gasteiger partial charge in [-0.3, -0.25) is 4.79 Å². The lowest BCUT2D eigenvalue weighted by Gasteiger charge is -2.12. The van der Waals surface area contributed by atoms with Crippen molar-refractivity contribution in [3.8, 4) is 5.75 Å². The van der Waals surface area contributed by atoms with E-state index in [1.165, 1.54) is 0 Å². The zero-order valence-corrected chi connectivity index (χ0v) is 14.3. The summed E-state index contributed by atoms with van der Waals surface area (Å²) in [6.07, 6.45) is 0. The normalized spacial score (nSPS) is 10.2. The summed E-state index contributed by atoms with van der Waals surface area (Å²) in [7, 11) is 0. The van der Waals surface area contributed by atoms with E-state index in [0.717, 1.165) is 22.7 Å². The van der Waals surface area contributed by atoms with Gasteiger partial charge in [0, 0.05) is 23.5 Å². The second kappa shape index (κ2) is 7.78. The Morgan fingerprint density at radius 2 is 1.96 bits per heavy atom. The van der Waals surface area contributed by atoms with Crippen molar-refractivity contribution in [2.24, 2.45) is 0 Å². The molecule has 122 valence electrons. The van der Waals surface area contributed by atoms with Gasteiger partial charge in [-0.05, 0) is 68.9 Å². The minimum Gasteiger partial charge on any atom is -0.494 e. The van der Waals surface area contributed by atoms with Gasteiger partial charge in [0.2, 0.25) is 0 Å². The molecule has 2 rings (SSSR count). The van der Waals surface area contributed by atoms with Crippen LogP contribution in [0.25, 0.3) is 0 Å². The van der Waals surface area contributed by atoms with Gasteiger partial charge in [0.05, 0.1) is 6.61 Å². The summed E-state index contributed by atoms with van der Waals surface area (Å²) in [5.74, 6) is 0.818. The highest BCUT2D eigenvalue weighted by Crippen LogP contribution is 2.15. The quantitative estimate of drug-likeness (QED) is 0.735. The van der Waals surface area contributed by atoms with Crippen LogP contribution in [0.2, 0.25) is 0 Å². The van der Waals surface area contributed by atoms with Gasteiger partial charge in [-0.2, -0.15) is 0 Å². The molecule has 0 spiro atoms. The van der Waals surface area contributed by atoms with Gasteiger partial charge in [-0.15, -0.1) is 0 Å². The number of benzene rings is 1. The third kappa shape index (κ3) is 4.82. The number of thiocarbonyl (C=S) groups is 1. The minimum atomic E-state index is -0.0844. The molecule has 1 heterocycles. The Morgan fingerprint density at radius 1 is 1.26 bits per heavy atom. The van der Waals surface area contributed by atoms with Gasteiger partial charge in [0.15, 0.2) is 5.11 Å². The van der Waals surface area contributed by atoms with Crippen molar-refractivity contribution in [1.29, 1.82) is 0 Å². The Morgan fingerprint density at radius 3 is 2.57 bits per heavy atom. The molecule has 1 aromatic carbocycles. The standard InChI is InChI=1S/C17H21N3O2S/c1-4-22-14-7-5-13(6-8-14)20-17(23)18-10-15-11(2)9-12(3)19-16(15)21/h5-9H,4,10H2,1-3H3,(H,19,21)(H2,18,20,23). The van der Waals surface area contributed by atoms with E-state index in [4.69, 9.17) is 17.0 Å². The molecule has 0 saturated heterocycles. The third-order valence-corrected chi connectivity index (χ3v) is 3.59. The second-order valence-corrected chi connectivity index (χ2v) is 5.62. The van der Waals surface area contributed by atoms with E-state index in [1.807, 2.05) is 51.1 Å². The van der Waals surface area contributed by atoms with Crippen LogP contribution >= 0.6 is 12.2 Å². The monoisotopic (exact) mass is 331 g/mol. The molecule has 0 radical (unpaired) electrons. The minimum absolute atomic E-state index is 0.0844. The largest absolute Gasteiger partial charge is 0.494 e. The Balaban J connectivity index is 1.94. The van der Waals surface area contributed by atoms with E-state index in [2.05, 4.69) is 15.6 Å². The fourth-order valence-corrected chi connectivity index (χ4v) is 2.44. The second-order valence-electron chi connectivity index (χ2n) is 5.21. The van der Waals surface area contributed by atoms with Crippen LogP contribution in [0.15, 0.2) is 35.1 Å². The lowest BCUT2D eigenvalue weighted by Crippen LogP contribution is -2.31. The van der Waals surface area contributed by atoms with Crippen LogP contribution < -0.4 is 20.9 Å². The summed E-state index contributed by atoms with van der Waals surface area (Å²) in [4.78, 5) is 14.8. The van der Waals surface area contributed by atoms with E-state index in [0.29, 0.717) is 23.8 Å². The fourth-order valence-electron chi connectivity index (χ4n) is 2.25. The summed E-state index contributed by atoms with van der Waals surface area (Å²) in [6.45, 7) is 6.74. The molecular weight excluding hydrogens is 310 g/mol. The first-order valence-electron chi connectivity index (χ1n) is 7.46. The average molecular weight is 331 g/mol. The SMILES string of the molecule is CCOc1ccc(NC(=S)NCc2c(C)cc(C)[nH]c2=O)cc1. The molecule has 3 N–H and O–H groups in total. The first-order valence-corrected chi connectivity index (χ1v) is 7.87. The van der Waals surface area contributed by atoms with Gasteiger partial charge < -0.3 is 20.4 Å². The van der Waals surface area contributed by atoms with Gasteiger partial charge in [-0.1, -0.05) is 0 Å². The van der Waals surface area contributed by atoms with Crippen LogP contribution in [0.1, 0.15) is 23.7 Å². The van der Waals surface area contributed by atoms with Crippen molar-refractivity contribution in [2.75, 3.05) is 11.9 Å². The van der Waals surface area contributed by atoms with E-state index < -0.39 is 0 Å². The molecule has 0 aliphatic rings. The number of H-pyrrole nitrogens is 1. The zero-order chi connectivity index (χ0) is 16.8. The van der Waals surface area contributed by atoms with Crippen LogP contribution in [0.3, 0.4) is 0 Å². The summed E-state index contributed by atoms with van der Waals surface area (Å²) < 4.78 is 5.39. The number of nitrogens with one attached hydrogen (secondary N) is 3. The molecule has 5 nitrogen and oxygen atoms in total. The lowest BCUT2D eigenvalue weighted by molar-refractivity contribution is 0.340. The van der Waals surface area contributed by atoms with Crippen LogP contribution in [-0.4, -0.2) is 16.7 Å². The van der Waals surface area contributed by atoms with Gasteiger partial charge in [-0.25, -0.2) is 0 Å². The molecular formula is C17H21N3O2S. The number of hydrogen-bond acceptors (Lipinski definition) is 3. The Hall–Kier alpha value is -2.34. The highest BCUT2D eigenvalue weighted by atomic mass is 32.1. The number of pyridine rings is 1. The number of anilines is 1. The predicted octanol–water partition coefficient (Wildman–Crippen LogP) is 2.88. The highest BCUT2D eigenvalue weighted by molar-refractivity contribution is 7.80. The smallest absolute Gasteiger partial charge is 0.253 e. The Bertz CT molecular complexity index is 738. The molecule has 0 aliphatic heterocycles. The number of hydrogen-bond donors (Lipinski definition) is 3. The zero-order valence-electron chi connectivity index (χ0n) is 13.5. The molecule has 0 aliphatic carbocycles. The Kier molecular flexibility index (Phi) is 5.76. The van der Waals surface area contributed by atoms with Gasteiger partial charge >= 0.3 is 0 Å². The highest BCUT2D eigenvalue weighted by Gasteiger charge is 2.06. The maximum atomic E-state index is 12.0. The molecule has 0 unspecified atom stereocenters. The van der Waals surface area contributed by atoms with E-state index in [1.54, 1.807) is 0 Å². The lowest BCUT2D eigenvalue weighted by atomic mass is 10.1. The summed E-state index contributed by atoms with van der Waals surface area (Å²) in [5.41, 5.74) is 3.26. The average Bonchev–Trinajstić information content (AvgIpc) is 2.48. The summed E-state index contributed by atoms with van der Waals surface area (Å²) in [5, 5.41) is 6.61. The van der Waals surface area contributed by atoms with Crippen molar-refractivity contribution < 1.29 is 4.74 Å². The first-order chi connectivity index (χ1) is 11.0. The van der Waals surface area contributed by atoms with E-state index in [-0.39, 0.29) is 5.56 Å². The summed E-state index contributed by atoms with van der Waals surface area (Å²) in [6, 6.07) is 9.49. The maximum Gasteiger partial charge on any atom is 0.253 e. The molecule has 0 bridgehead atoms. The number of rotatable bonds is 5. The van der Waals surface area contributed by atoms with Crippen LogP contribution in [0.5, 0.6) is 5.75 Å². The van der Waals surface area contributed by atoms with Crippen LogP contribution in [0.4, 0.5) is 5.69 Å². The van der Waals surface area contributed by atoms with Gasteiger partial charge in [0.1, 0.15) is 5.75 Å². The first kappa shape index (κ1) is 17.0. The number of aromatic nitrogens is 1. The molecule has 23 heavy (non-hydrogen) atoms. The molecule has 0 amide bonds. The molecule has 1 aromatic heterocycles. The van der Waals surface area contributed by atoms with Crippen molar-refractivity contribution in [3.63, 3.8) is 0 Å². The van der Waals surface area contributed by atoms with Crippen LogP contribution in [-0.2, 0) is 6.54 Å². The van der Waals surface area contributed by atoms with Crippen molar-refractivity contribution in [3.05, 3.63) is 57.5 Å². The molecule has 0 fully saturated rings. The molecule has 6 heteroatoms. The molecule has 0 saturated carbocycles. The predicted molar refractivity (Wildman–Crippen MR) is 97.2 cm³/mol. The molecule has 0 atom stereocenters. The number of aromatic amines is 1. The van der Waals surface area contributed by atoms with Crippen molar-refractivity contribution in [1.82, 2.24) is 10.3 Å².